The molecule has 8 heteroatoms. The average Bonchev–Trinajstić information content (AvgIpc) is 2.99. The van der Waals surface area contributed by atoms with Crippen LogP contribution in [0.1, 0.15) is 53.3 Å². The Morgan fingerprint density at radius 1 is 1.19 bits per heavy atom. The minimum Gasteiger partial charge on any atom is -0.373 e. The molecule has 3 rings (SSSR count). The van der Waals surface area contributed by atoms with Crippen LogP contribution in [-0.2, 0) is 18.9 Å². The van der Waals surface area contributed by atoms with E-state index in [1.807, 2.05) is 41.5 Å². The molecule has 8 nitrogen and oxygen atoms in total. The molecule has 1 aromatic heterocycles. The Bertz CT molecular complexity index is 800. The maximum Gasteiger partial charge on any atom is 0.330 e. The van der Waals surface area contributed by atoms with E-state index in [0.717, 1.165) is 0 Å². The Balaban J connectivity index is 2.05. The van der Waals surface area contributed by atoms with E-state index >= 15 is 0 Å². The maximum absolute atomic E-state index is 12.4. The second kappa shape index (κ2) is 7.16. The van der Waals surface area contributed by atoms with E-state index in [2.05, 4.69) is 4.98 Å². The molecule has 2 aliphatic rings. The zero-order valence-electron chi connectivity index (χ0n) is 17.0. The number of nitrogens with zero attached hydrogens (tertiary/aromatic N) is 1. The smallest absolute Gasteiger partial charge is 0.330 e. The number of aromatic nitrogens is 2. The number of hydrogen-bond donors (Lipinski definition) is 1. The highest BCUT2D eigenvalue weighted by atomic mass is 16.7. The van der Waals surface area contributed by atoms with Crippen molar-refractivity contribution in [3.63, 3.8) is 0 Å². The fourth-order valence-electron chi connectivity index (χ4n) is 4.20. The molecule has 2 saturated heterocycles. The first kappa shape index (κ1) is 20.3. The summed E-state index contributed by atoms with van der Waals surface area (Å²) in [5.41, 5.74) is -1.37. The topological polar surface area (TPSA) is 91.8 Å². The summed E-state index contributed by atoms with van der Waals surface area (Å²) in [6.07, 6.45) is -0.703. The Morgan fingerprint density at radius 2 is 1.85 bits per heavy atom. The summed E-state index contributed by atoms with van der Waals surface area (Å²) < 4.78 is 26.3. The Hall–Kier alpha value is -1.48. The number of fused-ring (bicyclic) bond motifs is 2. The van der Waals surface area contributed by atoms with Crippen LogP contribution < -0.4 is 11.2 Å². The van der Waals surface area contributed by atoms with Crippen LogP contribution in [0, 0.1) is 6.92 Å². The maximum atomic E-state index is 12.4. The van der Waals surface area contributed by atoms with Crippen molar-refractivity contribution < 1.29 is 18.9 Å². The number of aromatic amines is 1. The van der Waals surface area contributed by atoms with Crippen molar-refractivity contribution in [1.29, 1.82) is 0 Å². The molecule has 0 radical (unpaired) electrons. The second-order valence-corrected chi connectivity index (χ2v) is 8.02. The van der Waals surface area contributed by atoms with Crippen LogP contribution in [0.15, 0.2) is 15.8 Å². The van der Waals surface area contributed by atoms with Crippen LogP contribution in [0.3, 0.4) is 0 Å². The molecule has 0 amide bonds. The van der Waals surface area contributed by atoms with Gasteiger partial charge in [0.15, 0.2) is 11.8 Å². The molecule has 27 heavy (non-hydrogen) atoms. The van der Waals surface area contributed by atoms with Gasteiger partial charge in [0.25, 0.3) is 5.56 Å². The van der Waals surface area contributed by atoms with Crippen molar-refractivity contribution >= 4 is 0 Å². The van der Waals surface area contributed by atoms with Gasteiger partial charge in [-0.15, -0.1) is 0 Å². The molecule has 2 bridgehead atoms. The van der Waals surface area contributed by atoms with Gasteiger partial charge in [-0.2, -0.15) is 0 Å². The van der Waals surface area contributed by atoms with Crippen LogP contribution in [0.25, 0.3) is 0 Å². The summed E-state index contributed by atoms with van der Waals surface area (Å²) in [5, 5.41) is 0. The highest BCUT2D eigenvalue weighted by molar-refractivity contribution is 5.15. The molecular formula is C19H30N2O6. The van der Waals surface area contributed by atoms with Crippen molar-refractivity contribution in [1.82, 2.24) is 9.55 Å². The van der Waals surface area contributed by atoms with Gasteiger partial charge >= 0.3 is 5.69 Å². The van der Waals surface area contributed by atoms with Crippen molar-refractivity contribution in [3.8, 4) is 0 Å². The van der Waals surface area contributed by atoms with E-state index in [-0.39, 0.29) is 24.4 Å². The third kappa shape index (κ3) is 3.29. The molecular weight excluding hydrogens is 352 g/mol. The minimum absolute atomic E-state index is 0.000946. The molecule has 0 aliphatic carbocycles. The lowest BCUT2D eigenvalue weighted by Crippen LogP contribution is -2.57. The van der Waals surface area contributed by atoms with Crippen LogP contribution in [0.5, 0.6) is 0 Å². The van der Waals surface area contributed by atoms with E-state index in [0.29, 0.717) is 5.56 Å². The average molecular weight is 382 g/mol. The van der Waals surface area contributed by atoms with E-state index in [1.54, 1.807) is 6.92 Å². The molecule has 2 unspecified atom stereocenters. The van der Waals surface area contributed by atoms with Gasteiger partial charge in [-0.05, 0) is 48.5 Å². The Kier molecular flexibility index (Phi) is 5.37. The van der Waals surface area contributed by atoms with Crippen LogP contribution in [0.4, 0.5) is 0 Å². The van der Waals surface area contributed by atoms with Crippen molar-refractivity contribution in [2.24, 2.45) is 0 Å². The van der Waals surface area contributed by atoms with Crippen LogP contribution >= 0.6 is 0 Å². The van der Waals surface area contributed by atoms with Gasteiger partial charge < -0.3 is 18.9 Å². The third-order valence-corrected chi connectivity index (χ3v) is 5.30. The zero-order chi connectivity index (χ0) is 20.1. The molecule has 1 N–H and O–H groups in total. The van der Waals surface area contributed by atoms with Crippen molar-refractivity contribution in [2.75, 3.05) is 0 Å². The number of ether oxygens (including phenoxy) is 4. The van der Waals surface area contributed by atoms with E-state index in [4.69, 9.17) is 18.9 Å². The van der Waals surface area contributed by atoms with E-state index in [1.165, 1.54) is 10.8 Å². The number of hydrogen-bond acceptors (Lipinski definition) is 6. The largest absolute Gasteiger partial charge is 0.373 e. The lowest BCUT2D eigenvalue weighted by molar-refractivity contribution is -0.250. The molecule has 0 saturated carbocycles. The van der Waals surface area contributed by atoms with Crippen LogP contribution in [0.2, 0.25) is 0 Å². The molecule has 6 atom stereocenters. The number of rotatable bonds is 6. The standard InChI is InChI=1S/C19H30N2O6/c1-9(2)24-12(6)19-13(7)26-14(15(19)25-10(3)4)17(27-19)21-8-11(5)16(22)20-18(21)23/h8-10,12-15,17H,1-7H3,(H,20,22,23)/t12-,13+,14-,15+,17?,19?/m1/s1. The van der Waals surface area contributed by atoms with Gasteiger partial charge in [-0.1, -0.05) is 0 Å². The quantitative estimate of drug-likeness (QED) is 0.802. The van der Waals surface area contributed by atoms with Gasteiger partial charge in [-0.3, -0.25) is 14.3 Å². The zero-order valence-corrected chi connectivity index (χ0v) is 17.0. The fraction of sp³-hybridized carbons (Fsp3) is 0.789. The van der Waals surface area contributed by atoms with Gasteiger partial charge in [-0.25, -0.2) is 4.79 Å². The summed E-state index contributed by atoms with van der Waals surface area (Å²) in [6.45, 7) is 13.4. The van der Waals surface area contributed by atoms with E-state index < -0.39 is 35.3 Å². The van der Waals surface area contributed by atoms with Gasteiger partial charge in [0.1, 0.15) is 12.2 Å². The summed E-state index contributed by atoms with van der Waals surface area (Å²) in [7, 11) is 0. The predicted molar refractivity (Wildman–Crippen MR) is 98.9 cm³/mol. The summed E-state index contributed by atoms with van der Waals surface area (Å²) in [4.78, 5) is 26.5. The first-order chi connectivity index (χ1) is 12.6. The molecule has 1 aromatic rings. The molecule has 3 heterocycles. The monoisotopic (exact) mass is 382 g/mol. The first-order valence-corrected chi connectivity index (χ1v) is 9.54. The summed E-state index contributed by atoms with van der Waals surface area (Å²) in [6, 6.07) is 0. The van der Waals surface area contributed by atoms with Crippen LogP contribution in [-0.4, -0.2) is 51.8 Å². The molecule has 0 aromatic carbocycles. The highest BCUT2D eigenvalue weighted by Crippen LogP contribution is 2.52. The Labute approximate surface area is 158 Å². The SMILES string of the molecule is Cc1cn(C2OC3([C@@H](C)OC(C)C)[C@H](C)O[C@@H]2[C@@H]3OC(C)C)c(=O)[nH]c1=O. The molecule has 152 valence electrons. The highest BCUT2D eigenvalue weighted by Gasteiger charge is 2.69. The summed E-state index contributed by atoms with van der Waals surface area (Å²) >= 11 is 0. The molecule has 0 spiro atoms. The number of nitrogens with one attached hydrogen (secondary N) is 1. The molecule has 2 fully saturated rings. The van der Waals surface area contributed by atoms with Crippen molar-refractivity contribution in [3.05, 3.63) is 32.6 Å². The lowest BCUT2D eigenvalue weighted by atomic mass is 9.87. The normalized spacial score (nSPS) is 34.0. The van der Waals surface area contributed by atoms with Gasteiger partial charge in [0.05, 0.1) is 24.4 Å². The summed E-state index contributed by atoms with van der Waals surface area (Å²) in [5.74, 6) is 0. The predicted octanol–water partition coefficient (Wildman–Crippen LogP) is 1.51. The van der Waals surface area contributed by atoms with Gasteiger partial charge in [0, 0.05) is 11.8 Å². The number of H-pyrrole nitrogens is 1. The Morgan fingerprint density at radius 3 is 2.44 bits per heavy atom. The third-order valence-electron chi connectivity index (χ3n) is 5.30. The fourth-order valence-corrected chi connectivity index (χ4v) is 4.20. The second-order valence-electron chi connectivity index (χ2n) is 8.02. The minimum atomic E-state index is -0.854. The lowest BCUT2D eigenvalue weighted by Gasteiger charge is -2.41. The number of aryl methyl sites for hydroxylation is 1. The van der Waals surface area contributed by atoms with Crippen molar-refractivity contribution in [2.45, 2.75) is 96.9 Å². The van der Waals surface area contributed by atoms with Gasteiger partial charge in [0.2, 0.25) is 0 Å². The first-order valence-electron chi connectivity index (χ1n) is 9.54. The molecule has 2 aliphatic heterocycles. The van der Waals surface area contributed by atoms with E-state index in [9.17, 15) is 9.59 Å².